The molecule has 4 aromatic rings. The van der Waals surface area contributed by atoms with Gasteiger partial charge in [-0.2, -0.15) is 9.78 Å². The molecule has 0 radical (unpaired) electrons. The highest BCUT2D eigenvalue weighted by Gasteiger charge is 2.22. The second kappa shape index (κ2) is 8.88. The van der Waals surface area contributed by atoms with E-state index < -0.39 is 6.03 Å². The van der Waals surface area contributed by atoms with Gasteiger partial charge in [-0.15, -0.1) is 10.2 Å². The first kappa shape index (κ1) is 20.4. The number of aromatic nitrogens is 5. The number of fused-ring (bicyclic) bond motifs is 1. The summed E-state index contributed by atoms with van der Waals surface area (Å²) in [6.07, 6.45) is 1.60. The number of benzene rings is 2. The van der Waals surface area contributed by atoms with E-state index in [2.05, 4.69) is 30.8 Å². The van der Waals surface area contributed by atoms with Crippen molar-refractivity contribution in [2.45, 2.75) is 6.54 Å². The molecule has 1 N–H and O–H groups in total. The lowest BCUT2D eigenvalue weighted by molar-refractivity contribution is 0.240. The minimum atomic E-state index is -0.433. The van der Waals surface area contributed by atoms with Gasteiger partial charge in [0, 0.05) is 31.2 Å². The number of hydrogen-bond acceptors (Lipinski definition) is 6. The van der Waals surface area contributed by atoms with Crippen molar-refractivity contribution >= 4 is 40.8 Å². The van der Waals surface area contributed by atoms with Gasteiger partial charge in [0.15, 0.2) is 11.5 Å². The summed E-state index contributed by atoms with van der Waals surface area (Å²) >= 11 is 6.03. The highest BCUT2D eigenvalue weighted by atomic mass is 35.5. The number of nitrogens with one attached hydrogen (secondary N) is 1. The first-order valence-corrected chi connectivity index (χ1v) is 9.81. The zero-order valence-electron chi connectivity index (χ0n) is 16.9. The average molecular weight is 435 g/mol. The molecule has 2 aromatic heterocycles. The van der Waals surface area contributed by atoms with Gasteiger partial charge < -0.3 is 10.2 Å². The molecule has 2 heterocycles. The summed E-state index contributed by atoms with van der Waals surface area (Å²) in [4.78, 5) is 19.1. The van der Waals surface area contributed by atoms with E-state index in [0.29, 0.717) is 28.5 Å². The number of halogens is 1. The number of nitrogens with zero attached hydrogens (tertiary/aromatic N) is 7. The molecule has 4 rings (SSSR count). The van der Waals surface area contributed by atoms with E-state index in [0.717, 1.165) is 11.1 Å². The summed E-state index contributed by atoms with van der Waals surface area (Å²) in [5, 5.41) is 20.4. The Bertz CT molecular complexity index is 1240. The molecule has 31 heavy (non-hydrogen) atoms. The maximum Gasteiger partial charge on any atom is 0.344 e. The van der Waals surface area contributed by atoms with Gasteiger partial charge in [-0.05, 0) is 22.9 Å². The zero-order chi connectivity index (χ0) is 21.8. The standard InChI is InChI=1S/C21H19ClN8O/c1-29(2)13-24-19-17-18(15-8-10-16(22)11-9-15)27-30(20(17)26-28-25-19)21(31)23-12-14-6-4-3-5-7-14/h3-11,13H,12H2,1-2H3,(H,23,31)/b24-13+. The molecule has 0 fully saturated rings. The Morgan fingerprint density at radius 2 is 1.87 bits per heavy atom. The molecule has 0 atom stereocenters. The summed E-state index contributed by atoms with van der Waals surface area (Å²) in [6, 6.07) is 16.3. The van der Waals surface area contributed by atoms with Crippen molar-refractivity contribution in [1.29, 1.82) is 0 Å². The predicted molar refractivity (Wildman–Crippen MR) is 119 cm³/mol. The molecule has 0 saturated heterocycles. The number of carbonyl (C=O) groups excluding carboxylic acids is 1. The topological polar surface area (TPSA) is 101 Å². The monoisotopic (exact) mass is 434 g/mol. The Kier molecular flexibility index (Phi) is 5.85. The largest absolute Gasteiger partial charge is 0.369 e. The fourth-order valence-corrected chi connectivity index (χ4v) is 3.05. The number of amides is 1. The molecule has 1 amide bonds. The molecule has 0 aliphatic rings. The van der Waals surface area contributed by atoms with Crippen LogP contribution in [0.2, 0.25) is 5.02 Å². The van der Waals surface area contributed by atoms with Crippen LogP contribution in [0.5, 0.6) is 0 Å². The lowest BCUT2D eigenvalue weighted by Crippen LogP contribution is -2.29. The van der Waals surface area contributed by atoms with E-state index in [-0.39, 0.29) is 5.65 Å². The number of hydrogen-bond donors (Lipinski definition) is 1. The molecule has 0 spiro atoms. The van der Waals surface area contributed by atoms with Crippen molar-refractivity contribution in [2.24, 2.45) is 4.99 Å². The Morgan fingerprint density at radius 1 is 1.13 bits per heavy atom. The Morgan fingerprint density at radius 3 is 2.58 bits per heavy atom. The van der Waals surface area contributed by atoms with E-state index in [4.69, 9.17) is 11.6 Å². The van der Waals surface area contributed by atoms with E-state index in [1.54, 1.807) is 23.4 Å². The molecule has 156 valence electrons. The molecule has 0 aliphatic heterocycles. The quantitative estimate of drug-likeness (QED) is 0.381. The van der Waals surface area contributed by atoms with E-state index >= 15 is 0 Å². The second-order valence-corrected chi connectivity index (χ2v) is 7.37. The highest BCUT2D eigenvalue weighted by Crippen LogP contribution is 2.32. The second-order valence-electron chi connectivity index (χ2n) is 6.93. The maximum absolute atomic E-state index is 12.9. The van der Waals surface area contributed by atoms with Crippen LogP contribution in [0, 0.1) is 0 Å². The van der Waals surface area contributed by atoms with Gasteiger partial charge in [0.25, 0.3) is 0 Å². The molecule has 10 heteroatoms. The third kappa shape index (κ3) is 4.51. The summed E-state index contributed by atoms with van der Waals surface area (Å²) in [5.74, 6) is 0.311. The smallest absolute Gasteiger partial charge is 0.344 e. The molecule has 9 nitrogen and oxygen atoms in total. The van der Waals surface area contributed by atoms with Crippen molar-refractivity contribution in [3.63, 3.8) is 0 Å². The number of carbonyl (C=O) groups is 1. The molecular weight excluding hydrogens is 416 g/mol. The van der Waals surface area contributed by atoms with Crippen molar-refractivity contribution in [3.8, 4) is 11.3 Å². The third-order valence-corrected chi connectivity index (χ3v) is 4.62. The highest BCUT2D eigenvalue weighted by molar-refractivity contribution is 6.30. The Hall–Kier alpha value is -3.85. The van der Waals surface area contributed by atoms with Crippen LogP contribution in [0.3, 0.4) is 0 Å². The predicted octanol–water partition coefficient (Wildman–Crippen LogP) is 3.52. The molecule has 0 bridgehead atoms. The van der Waals surface area contributed by atoms with Crippen molar-refractivity contribution in [2.75, 3.05) is 14.1 Å². The first-order chi connectivity index (χ1) is 15.0. The molecule has 0 unspecified atom stereocenters. The summed E-state index contributed by atoms with van der Waals surface area (Å²) in [7, 11) is 3.69. The lowest BCUT2D eigenvalue weighted by Gasteiger charge is -2.05. The SMILES string of the molecule is CN(C)/C=N/c1nnnc2c1c(-c1ccc(Cl)cc1)nn2C(=O)NCc1ccccc1. The minimum Gasteiger partial charge on any atom is -0.369 e. The lowest BCUT2D eigenvalue weighted by atomic mass is 10.1. The first-order valence-electron chi connectivity index (χ1n) is 9.43. The third-order valence-electron chi connectivity index (χ3n) is 4.37. The number of aliphatic imine (C=N–C) groups is 1. The van der Waals surface area contributed by atoms with Crippen LogP contribution < -0.4 is 5.32 Å². The van der Waals surface area contributed by atoms with Crippen LogP contribution in [0.4, 0.5) is 10.6 Å². The Balaban J connectivity index is 1.79. The minimum absolute atomic E-state index is 0.261. The van der Waals surface area contributed by atoms with Gasteiger partial charge in [-0.1, -0.05) is 54.1 Å². The van der Waals surface area contributed by atoms with Crippen LogP contribution in [-0.4, -0.2) is 56.6 Å². The van der Waals surface area contributed by atoms with E-state index in [1.165, 1.54) is 4.68 Å². The van der Waals surface area contributed by atoms with Crippen molar-refractivity contribution < 1.29 is 4.79 Å². The van der Waals surface area contributed by atoms with Crippen LogP contribution >= 0.6 is 11.6 Å². The van der Waals surface area contributed by atoms with Gasteiger partial charge in [-0.25, -0.2) is 9.79 Å². The molecule has 2 aromatic carbocycles. The Labute approximate surface area is 183 Å². The zero-order valence-corrected chi connectivity index (χ0v) is 17.7. The fourth-order valence-electron chi connectivity index (χ4n) is 2.92. The van der Waals surface area contributed by atoms with E-state index in [9.17, 15) is 4.79 Å². The fraction of sp³-hybridized carbons (Fsp3) is 0.143. The van der Waals surface area contributed by atoms with Crippen LogP contribution in [0.15, 0.2) is 59.6 Å². The van der Waals surface area contributed by atoms with Crippen LogP contribution in [0.1, 0.15) is 5.56 Å². The van der Waals surface area contributed by atoms with E-state index in [1.807, 2.05) is 56.6 Å². The molecule has 0 saturated carbocycles. The molecule has 0 aliphatic carbocycles. The van der Waals surface area contributed by atoms with Crippen molar-refractivity contribution in [3.05, 3.63) is 65.2 Å². The van der Waals surface area contributed by atoms with Gasteiger partial charge in [0.05, 0.1) is 11.7 Å². The van der Waals surface area contributed by atoms with Gasteiger partial charge in [0.1, 0.15) is 5.69 Å². The average Bonchev–Trinajstić information content (AvgIpc) is 3.18. The maximum atomic E-state index is 12.9. The summed E-state index contributed by atoms with van der Waals surface area (Å²) in [6.45, 7) is 0.349. The summed E-state index contributed by atoms with van der Waals surface area (Å²) < 4.78 is 1.19. The number of rotatable bonds is 5. The van der Waals surface area contributed by atoms with Gasteiger partial charge in [-0.3, -0.25) is 0 Å². The molecular formula is C21H19ClN8O. The van der Waals surface area contributed by atoms with Gasteiger partial charge >= 0.3 is 6.03 Å². The van der Waals surface area contributed by atoms with Crippen LogP contribution in [-0.2, 0) is 6.54 Å². The normalized spacial score (nSPS) is 11.2. The van der Waals surface area contributed by atoms with Crippen molar-refractivity contribution in [1.82, 2.24) is 35.4 Å². The summed E-state index contributed by atoms with van der Waals surface area (Å²) in [5.41, 5.74) is 2.49. The van der Waals surface area contributed by atoms with Gasteiger partial charge in [0.2, 0.25) is 0 Å². The van der Waals surface area contributed by atoms with Crippen LogP contribution in [0.25, 0.3) is 22.3 Å².